The van der Waals surface area contributed by atoms with Crippen LogP contribution in [0.3, 0.4) is 0 Å². The Morgan fingerprint density at radius 3 is 1.05 bits per heavy atom. The Bertz CT molecular complexity index is 1120. The van der Waals surface area contributed by atoms with Crippen LogP contribution in [0.4, 0.5) is 0 Å². The molecule has 0 amide bonds. The average Bonchev–Trinajstić information content (AvgIpc) is 2.92. The minimum absolute atomic E-state index is 0.279. The lowest BCUT2D eigenvalue weighted by Gasteiger charge is -2.23. The van der Waals surface area contributed by atoms with Crippen molar-refractivity contribution in [3.8, 4) is 0 Å². The van der Waals surface area contributed by atoms with Gasteiger partial charge in [-0.25, -0.2) is 16.8 Å². The van der Waals surface area contributed by atoms with Crippen LogP contribution in [-0.4, -0.2) is 91.3 Å². The molecule has 1 fully saturated rings. The minimum atomic E-state index is -3.64. The minimum Gasteiger partial charge on any atom is -0.381 e. The predicted molar refractivity (Wildman–Crippen MR) is 155 cm³/mol. The third kappa shape index (κ3) is 10.2. The van der Waals surface area contributed by atoms with E-state index in [9.17, 15) is 16.8 Å². The number of ether oxygens (including phenoxy) is 3. The van der Waals surface area contributed by atoms with Gasteiger partial charge < -0.3 is 14.2 Å². The molecule has 1 aliphatic heterocycles. The van der Waals surface area contributed by atoms with Crippen LogP contribution in [0.5, 0.6) is 0 Å². The van der Waals surface area contributed by atoms with Crippen LogP contribution >= 0.6 is 0 Å². The van der Waals surface area contributed by atoms with Gasteiger partial charge >= 0.3 is 0 Å². The number of hydrogen-bond acceptors (Lipinski definition) is 7. The molecule has 0 radical (unpaired) electrons. The first-order valence-corrected chi connectivity index (χ1v) is 17.0. The molecule has 224 valence electrons. The fourth-order valence-electron chi connectivity index (χ4n) is 4.36. The topological polar surface area (TPSA) is 102 Å². The highest BCUT2D eigenvalue weighted by Gasteiger charge is 2.25. The fourth-order valence-corrected chi connectivity index (χ4v) is 7.40. The summed E-state index contributed by atoms with van der Waals surface area (Å²) >= 11 is 0. The standard InChI is InChI=1S/C29H44N2O7S2/c1-26-8-12-28(13-9-26)39(32,33)30-16-3-20-36-21-4-17-31(40(34,35)29-14-10-27(2)11-15-29)19-6-23-38-25-7-24-37-22-5-18-30/h8-15H,3-7,16-25H2,1-2H3. The zero-order valence-corrected chi connectivity index (χ0v) is 25.4. The lowest BCUT2D eigenvalue weighted by molar-refractivity contribution is 0.0767. The number of benzene rings is 2. The van der Waals surface area contributed by atoms with Gasteiger partial charge in [0.15, 0.2) is 0 Å². The summed E-state index contributed by atoms with van der Waals surface area (Å²) in [6, 6.07) is 13.8. The summed E-state index contributed by atoms with van der Waals surface area (Å²) < 4.78 is 73.5. The van der Waals surface area contributed by atoms with E-state index >= 15 is 0 Å². The summed E-state index contributed by atoms with van der Waals surface area (Å²) in [5.41, 5.74) is 2.00. The van der Waals surface area contributed by atoms with Crippen LogP contribution < -0.4 is 0 Å². The highest BCUT2D eigenvalue weighted by molar-refractivity contribution is 7.89. The second kappa shape index (κ2) is 16.5. The van der Waals surface area contributed by atoms with Crippen LogP contribution in [0.25, 0.3) is 0 Å². The van der Waals surface area contributed by atoms with Crippen molar-refractivity contribution in [2.45, 2.75) is 55.7 Å². The maximum absolute atomic E-state index is 13.3. The fraction of sp³-hybridized carbons (Fsp3) is 0.586. The van der Waals surface area contributed by atoms with E-state index in [1.165, 1.54) is 8.61 Å². The zero-order valence-electron chi connectivity index (χ0n) is 23.8. The third-order valence-electron chi connectivity index (χ3n) is 6.68. The molecular weight excluding hydrogens is 552 g/mol. The summed E-state index contributed by atoms with van der Waals surface area (Å²) in [7, 11) is -7.28. The first-order valence-electron chi connectivity index (χ1n) is 14.1. The van der Waals surface area contributed by atoms with E-state index in [4.69, 9.17) is 14.2 Å². The molecule has 2 aromatic rings. The highest BCUT2D eigenvalue weighted by atomic mass is 32.2. The maximum Gasteiger partial charge on any atom is 0.243 e. The normalized spacial score (nSPS) is 19.6. The summed E-state index contributed by atoms with van der Waals surface area (Å²) in [6.45, 7) is 7.96. The molecule has 0 spiro atoms. The van der Waals surface area contributed by atoms with Crippen LogP contribution in [0, 0.1) is 13.8 Å². The summed E-state index contributed by atoms with van der Waals surface area (Å²) in [5, 5.41) is 0. The Balaban J connectivity index is 1.62. The second-order valence-electron chi connectivity index (χ2n) is 10.0. The van der Waals surface area contributed by atoms with Crippen molar-refractivity contribution in [3.05, 3.63) is 59.7 Å². The molecule has 0 saturated carbocycles. The van der Waals surface area contributed by atoms with Crippen molar-refractivity contribution in [2.24, 2.45) is 0 Å². The molecule has 0 aromatic heterocycles. The van der Waals surface area contributed by atoms with E-state index < -0.39 is 20.0 Å². The van der Waals surface area contributed by atoms with Gasteiger partial charge in [-0.05, 0) is 70.2 Å². The molecule has 0 aliphatic carbocycles. The maximum atomic E-state index is 13.3. The molecule has 0 atom stereocenters. The molecule has 9 nitrogen and oxygen atoms in total. The van der Waals surface area contributed by atoms with Gasteiger partial charge in [-0.3, -0.25) is 0 Å². The molecule has 0 N–H and O–H groups in total. The van der Waals surface area contributed by atoms with Crippen LogP contribution in [0.1, 0.15) is 43.2 Å². The van der Waals surface area contributed by atoms with Crippen molar-refractivity contribution in [1.29, 1.82) is 0 Å². The predicted octanol–water partition coefficient (Wildman–Crippen LogP) is 4.00. The Hall–Kier alpha value is -1.86. The second-order valence-corrected chi connectivity index (χ2v) is 13.9. The van der Waals surface area contributed by atoms with Crippen molar-refractivity contribution in [2.75, 3.05) is 65.8 Å². The number of sulfonamides is 2. The third-order valence-corrected chi connectivity index (χ3v) is 10.5. The largest absolute Gasteiger partial charge is 0.381 e. The smallest absolute Gasteiger partial charge is 0.243 e. The van der Waals surface area contributed by atoms with Crippen LogP contribution in [0.2, 0.25) is 0 Å². The van der Waals surface area contributed by atoms with Crippen molar-refractivity contribution in [3.63, 3.8) is 0 Å². The molecule has 0 bridgehead atoms. The van der Waals surface area contributed by atoms with E-state index in [0.717, 1.165) is 11.1 Å². The molecule has 3 rings (SSSR count). The Morgan fingerprint density at radius 1 is 0.475 bits per heavy atom. The lowest BCUT2D eigenvalue weighted by atomic mass is 10.2. The lowest BCUT2D eigenvalue weighted by Crippen LogP contribution is -2.34. The molecule has 40 heavy (non-hydrogen) atoms. The molecule has 11 heteroatoms. The number of nitrogens with zero attached hydrogens (tertiary/aromatic N) is 2. The molecule has 1 saturated heterocycles. The van der Waals surface area contributed by atoms with Crippen LogP contribution in [0.15, 0.2) is 58.3 Å². The number of rotatable bonds is 4. The van der Waals surface area contributed by atoms with Gasteiger partial charge in [0.2, 0.25) is 20.0 Å². The van der Waals surface area contributed by atoms with E-state index in [0.29, 0.717) is 97.9 Å². The summed E-state index contributed by atoms with van der Waals surface area (Å²) in [5.74, 6) is 0. The average molecular weight is 597 g/mol. The quantitative estimate of drug-likeness (QED) is 0.526. The number of aryl methyl sites for hydroxylation is 2. The van der Waals surface area contributed by atoms with E-state index in [1.807, 2.05) is 13.8 Å². The Morgan fingerprint density at radius 2 is 0.750 bits per heavy atom. The van der Waals surface area contributed by atoms with Crippen molar-refractivity contribution < 1.29 is 31.0 Å². The summed E-state index contributed by atoms with van der Waals surface area (Å²) in [4.78, 5) is 0.558. The summed E-state index contributed by atoms with van der Waals surface area (Å²) in [6.07, 6.45) is 2.98. The van der Waals surface area contributed by atoms with Crippen molar-refractivity contribution in [1.82, 2.24) is 8.61 Å². The molecular formula is C29H44N2O7S2. The molecule has 1 heterocycles. The van der Waals surface area contributed by atoms with Gasteiger partial charge in [-0.15, -0.1) is 0 Å². The van der Waals surface area contributed by atoms with Crippen molar-refractivity contribution >= 4 is 20.0 Å². The van der Waals surface area contributed by atoms with E-state index in [-0.39, 0.29) is 9.79 Å². The molecule has 1 aliphatic rings. The first-order chi connectivity index (χ1) is 19.2. The first kappa shape index (κ1) is 32.7. The number of hydrogen-bond donors (Lipinski definition) is 0. The van der Waals surface area contributed by atoms with Crippen LogP contribution in [-0.2, 0) is 34.3 Å². The van der Waals surface area contributed by atoms with Gasteiger partial charge in [-0.1, -0.05) is 35.4 Å². The van der Waals surface area contributed by atoms with Gasteiger partial charge in [0.1, 0.15) is 0 Å². The zero-order chi connectivity index (χ0) is 28.8. The van der Waals surface area contributed by atoms with Gasteiger partial charge in [0, 0.05) is 65.8 Å². The Kier molecular flexibility index (Phi) is 13.5. The SMILES string of the molecule is Cc1ccc(S(=O)(=O)N2CCCOCCCOCCCN(S(=O)(=O)c3ccc(C)cc3)CCCOCCC2)cc1. The highest BCUT2D eigenvalue weighted by Crippen LogP contribution is 2.19. The molecule has 2 aromatic carbocycles. The van der Waals surface area contributed by atoms with Gasteiger partial charge in [0.25, 0.3) is 0 Å². The van der Waals surface area contributed by atoms with Gasteiger partial charge in [-0.2, -0.15) is 8.61 Å². The molecule has 0 unspecified atom stereocenters. The van der Waals surface area contributed by atoms with E-state index in [1.54, 1.807) is 48.5 Å². The monoisotopic (exact) mass is 596 g/mol. The van der Waals surface area contributed by atoms with Gasteiger partial charge in [0.05, 0.1) is 9.79 Å². The van der Waals surface area contributed by atoms with E-state index in [2.05, 4.69) is 0 Å². The Labute approximate surface area is 240 Å².